The second-order valence-corrected chi connectivity index (χ2v) is 17.4. The van der Waals surface area contributed by atoms with E-state index in [-0.39, 0.29) is 43.3 Å². The molecule has 2 aliphatic heterocycles. The lowest BCUT2D eigenvalue weighted by Gasteiger charge is -2.49. The third kappa shape index (κ3) is 5.32. The van der Waals surface area contributed by atoms with Gasteiger partial charge >= 0.3 is 0 Å². The number of rotatable bonds is 7. The molecule has 9 rings (SSSR count). The van der Waals surface area contributed by atoms with Crippen LogP contribution in [0.15, 0.2) is 88.9 Å². The summed E-state index contributed by atoms with van der Waals surface area (Å²) in [6.07, 6.45) is 2.56. The third-order valence-electron chi connectivity index (χ3n) is 12.2. The van der Waals surface area contributed by atoms with Crippen molar-refractivity contribution in [1.82, 2.24) is 9.78 Å². The average molecular weight is 840 g/mol. The van der Waals surface area contributed by atoms with Crippen molar-refractivity contribution in [2.75, 3.05) is 23.0 Å². The lowest BCUT2D eigenvalue weighted by Crippen LogP contribution is -2.49. The number of aliphatic hydroxyl groups is 1. The first-order valence-corrected chi connectivity index (χ1v) is 20.2. The van der Waals surface area contributed by atoms with Crippen LogP contribution in [0.3, 0.4) is 0 Å². The van der Waals surface area contributed by atoms with Crippen LogP contribution < -0.4 is 14.5 Å². The topological polar surface area (TPSA) is 122 Å². The van der Waals surface area contributed by atoms with Crippen molar-refractivity contribution < 1.29 is 29.0 Å². The number of para-hydroxylation sites is 1. The molecule has 2 aliphatic carbocycles. The van der Waals surface area contributed by atoms with Gasteiger partial charge in [0.1, 0.15) is 23.9 Å². The Bertz CT molecular complexity index is 2490. The Balaban J connectivity index is 1.16. The van der Waals surface area contributed by atoms with Crippen molar-refractivity contribution in [3.05, 3.63) is 105 Å². The van der Waals surface area contributed by atoms with Crippen molar-refractivity contribution in [1.29, 1.82) is 0 Å². The number of ether oxygens (including phenoxy) is 1. The molecule has 4 aliphatic rings. The molecule has 280 valence electrons. The first kappa shape index (κ1) is 36.0. The Morgan fingerprint density at radius 1 is 0.982 bits per heavy atom. The molecular weight excluding hydrogens is 804 g/mol. The van der Waals surface area contributed by atoms with Gasteiger partial charge < -0.3 is 9.84 Å². The van der Waals surface area contributed by atoms with Crippen LogP contribution in [0.4, 0.5) is 11.5 Å². The van der Waals surface area contributed by atoms with E-state index in [2.05, 4.69) is 15.9 Å². The molecule has 4 amide bonds. The van der Waals surface area contributed by atoms with E-state index in [1.807, 2.05) is 56.3 Å². The van der Waals surface area contributed by atoms with Gasteiger partial charge in [-0.15, -0.1) is 11.3 Å². The van der Waals surface area contributed by atoms with Crippen molar-refractivity contribution in [3.63, 3.8) is 0 Å². The Morgan fingerprint density at radius 3 is 2.51 bits per heavy atom. The number of carbonyl (C=O) groups is 4. The number of hydrogen-bond acceptors (Lipinski definition) is 8. The van der Waals surface area contributed by atoms with E-state index in [1.54, 1.807) is 59.5 Å². The van der Waals surface area contributed by atoms with Crippen LogP contribution in [-0.2, 0) is 26.2 Å². The van der Waals surface area contributed by atoms with Crippen LogP contribution in [0.2, 0.25) is 5.02 Å². The summed E-state index contributed by atoms with van der Waals surface area (Å²) in [5.74, 6) is -3.76. The molecule has 3 fully saturated rings. The molecule has 13 heteroatoms. The maximum atomic E-state index is 15.2. The summed E-state index contributed by atoms with van der Waals surface area (Å²) < 4.78 is 9.52. The molecule has 3 aromatic carbocycles. The van der Waals surface area contributed by atoms with Crippen LogP contribution >= 0.6 is 38.9 Å². The zero-order valence-electron chi connectivity index (χ0n) is 30.2. The molecule has 6 atom stereocenters. The number of carbonyl (C=O) groups excluding carboxylic acids is 4. The lowest BCUT2D eigenvalue weighted by molar-refractivity contribution is -0.131. The Labute approximate surface area is 334 Å². The third-order valence-corrected chi connectivity index (χ3v) is 14.2. The summed E-state index contributed by atoms with van der Waals surface area (Å²) in [6, 6.07) is 22.0. The zero-order valence-corrected chi connectivity index (χ0v) is 33.3. The molecule has 1 saturated carbocycles. The number of fused-ring (bicyclic) bond motifs is 5. The van der Waals surface area contributed by atoms with Gasteiger partial charge in [0.2, 0.25) is 23.6 Å². The SMILES string of the molecule is Cc1c(-c2cc(N3C(=O)[C@@H]4C[C@@H]5C(=CC[C@@H]6C(=O)N(c7ccc(Br)cc7)C(=O)[C@@H]65)[C@H](c5ccccc5OCCO)[C@]4(C)C3=O)n(C)n2)sc2ccc(Cl)cc12. The fraction of sp³-hybridized carbons (Fsp3) is 0.310. The monoisotopic (exact) mass is 838 g/mol. The lowest BCUT2D eigenvalue weighted by atomic mass is 9.51. The molecule has 0 unspecified atom stereocenters. The number of anilines is 2. The first-order chi connectivity index (χ1) is 26.4. The van der Waals surface area contributed by atoms with Gasteiger partial charge in [0.15, 0.2) is 0 Å². The second kappa shape index (κ2) is 13.3. The maximum absolute atomic E-state index is 15.2. The van der Waals surface area contributed by atoms with Gasteiger partial charge in [-0.2, -0.15) is 5.10 Å². The van der Waals surface area contributed by atoms with Gasteiger partial charge in [0, 0.05) is 38.8 Å². The Morgan fingerprint density at radius 2 is 1.75 bits per heavy atom. The molecule has 55 heavy (non-hydrogen) atoms. The van der Waals surface area contributed by atoms with Crippen LogP contribution in [0.5, 0.6) is 5.75 Å². The van der Waals surface area contributed by atoms with Gasteiger partial charge in [0.05, 0.1) is 40.3 Å². The van der Waals surface area contributed by atoms with Gasteiger partial charge in [0.25, 0.3) is 0 Å². The predicted molar refractivity (Wildman–Crippen MR) is 214 cm³/mol. The zero-order chi connectivity index (χ0) is 38.5. The standard InChI is InChI=1S/C42H36BrClN4O6S/c1-21-28-18-23(44)10-15-33(28)55-37(21)31-20-34(46(3)45-31)48-39(51)30-19-29-25(36(42(30,2)41(48)53)26-6-4-5-7-32(26)54-17-16-49)13-14-27-35(29)40(52)47(38(27)50)24-11-8-22(43)9-12-24/h4-13,15,18,20,27,29-30,35-36,49H,14,16-17,19H2,1-3H3/t27-,29+,30-,35-,36+,42+/m0/s1. The predicted octanol–water partition coefficient (Wildman–Crippen LogP) is 7.83. The number of imide groups is 2. The number of benzene rings is 3. The Hall–Kier alpha value is -4.62. The molecule has 10 nitrogen and oxygen atoms in total. The number of nitrogens with zero attached hydrogens (tertiary/aromatic N) is 4. The van der Waals surface area contributed by atoms with Crippen molar-refractivity contribution in [2.24, 2.45) is 36.1 Å². The first-order valence-electron chi connectivity index (χ1n) is 18.2. The highest BCUT2D eigenvalue weighted by atomic mass is 79.9. The second-order valence-electron chi connectivity index (χ2n) is 15.0. The minimum absolute atomic E-state index is 0.0341. The summed E-state index contributed by atoms with van der Waals surface area (Å²) >= 11 is 11.3. The molecular formula is C42H36BrClN4O6S. The number of allylic oxidation sites excluding steroid dienone is 2. The van der Waals surface area contributed by atoms with E-state index in [9.17, 15) is 19.5 Å². The molecule has 0 radical (unpaired) electrons. The normalized spacial score (nSPS) is 26.1. The van der Waals surface area contributed by atoms with Gasteiger partial charge in [-0.3, -0.25) is 28.8 Å². The van der Waals surface area contributed by atoms with E-state index in [1.165, 1.54) is 9.80 Å². The van der Waals surface area contributed by atoms with E-state index >= 15 is 4.79 Å². The summed E-state index contributed by atoms with van der Waals surface area (Å²) in [4.78, 5) is 62.1. The van der Waals surface area contributed by atoms with Gasteiger partial charge in [-0.1, -0.05) is 57.4 Å². The Kier molecular flexibility index (Phi) is 8.69. The molecule has 0 bridgehead atoms. The van der Waals surface area contributed by atoms with Crippen LogP contribution in [-0.4, -0.2) is 51.7 Å². The van der Waals surface area contributed by atoms with E-state index < -0.39 is 35.0 Å². The minimum Gasteiger partial charge on any atom is -0.491 e. The highest BCUT2D eigenvalue weighted by Crippen LogP contribution is 2.64. The highest BCUT2D eigenvalue weighted by molar-refractivity contribution is 9.10. The number of aliphatic hydroxyl groups excluding tert-OH is 1. The molecule has 0 spiro atoms. The van der Waals surface area contributed by atoms with Crippen molar-refractivity contribution in [2.45, 2.75) is 32.6 Å². The summed E-state index contributed by atoms with van der Waals surface area (Å²) in [7, 11) is 1.73. The number of aryl methyl sites for hydroxylation is 2. The van der Waals surface area contributed by atoms with Crippen LogP contribution in [0, 0.1) is 36.0 Å². The highest BCUT2D eigenvalue weighted by Gasteiger charge is 2.68. The molecule has 1 N–H and O–H groups in total. The summed E-state index contributed by atoms with van der Waals surface area (Å²) in [6.45, 7) is 3.68. The largest absolute Gasteiger partial charge is 0.491 e. The number of halogens is 2. The van der Waals surface area contributed by atoms with Crippen LogP contribution in [0.25, 0.3) is 20.7 Å². The smallest absolute Gasteiger partial charge is 0.242 e. The van der Waals surface area contributed by atoms with Gasteiger partial charge in [-0.25, -0.2) is 4.90 Å². The molecule has 2 aromatic heterocycles. The van der Waals surface area contributed by atoms with E-state index in [0.29, 0.717) is 40.0 Å². The van der Waals surface area contributed by atoms with Crippen molar-refractivity contribution in [3.8, 4) is 16.3 Å². The number of aromatic nitrogens is 2. The quantitative estimate of drug-likeness (QED) is 0.131. The maximum Gasteiger partial charge on any atom is 0.242 e. The molecule has 5 aromatic rings. The average Bonchev–Trinajstić information content (AvgIpc) is 3.84. The number of amides is 4. The number of thiophene rings is 1. The van der Waals surface area contributed by atoms with Gasteiger partial charge in [-0.05, 0) is 92.1 Å². The molecule has 4 heterocycles. The number of hydrogen-bond donors (Lipinski definition) is 1. The van der Waals surface area contributed by atoms with Crippen molar-refractivity contribution >= 4 is 84.1 Å². The van der Waals surface area contributed by atoms with E-state index in [0.717, 1.165) is 30.6 Å². The minimum atomic E-state index is -1.28. The fourth-order valence-corrected chi connectivity index (χ4v) is 11.2. The molecule has 2 saturated heterocycles. The summed E-state index contributed by atoms with van der Waals surface area (Å²) in [5.41, 5.74) is 2.40. The van der Waals surface area contributed by atoms with Crippen LogP contribution in [0.1, 0.15) is 36.8 Å². The summed E-state index contributed by atoms with van der Waals surface area (Å²) in [5, 5.41) is 16.2. The fourth-order valence-electron chi connectivity index (χ4n) is 9.64. The van der Waals surface area contributed by atoms with E-state index in [4.69, 9.17) is 21.4 Å².